The van der Waals surface area contributed by atoms with Crippen LogP contribution in [0.15, 0.2) is 23.2 Å². The Balaban J connectivity index is 1.47. The molecule has 0 aromatic heterocycles. The van der Waals surface area contributed by atoms with Gasteiger partial charge in [0.1, 0.15) is 11.6 Å². The van der Waals surface area contributed by atoms with Crippen molar-refractivity contribution < 1.29 is 8.78 Å². The molecule has 144 valence electrons. The molecule has 0 spiro atoms. The third-order valence-electron chi connectivity index (χ3n) is 5.40. The van der Waals surface area contributed by atoms with Crippen LogP contribution in [0.4, 0.5) is 14.5 Å². The molecule has 2 fully saturated rings. The Bertz CT molecular complexity index is 628. The molecule has 0 amide bonds. The standard InChI is InChI=1S/C19H29F2N5/c1-22-19(23-12-14-5-8-25(2)9-6-14)24-16-7-10-26(13-16)18-4-3-15(20)11-17(18)21/h3-4,11,14,16H,5-10,12-13H2,1-2H3,(H2,22,23,24). The SMILES string of the molecule is CN=C(NCC1CCN(C)CC1)NC1CCN(c2ccc(F)cc2F)C1. The van der Waals surface area contributed by atoms with E-state index in [1.807, 2.05) is 4.90 Å². The van der Waals surface area contributed by atoms with Crippen LogP contribution in [0, 0.1) is 17.6 Å². The van der Waals surface area contributed by atoms with Crippen LogP contribution in [0.2, 0.25) is 0 Å². The third kappa shape index (κ3) is 4.84. The number of nitrogens with one attached hydrogen (secondary N) is 2. The Labute approximate surface area is 154 Å². The smallest absolute Gasteiger partial charge is 0.191 e. The highest BCUT2D eigenvalue weighted by Gasteiger charge is 2.25. The van der Waals surface area contributed by atoms with E-state index in [4.69, 9.17) is 0 Å². The van der Waals surface area contributed by atoms with Gasteiger partial charge >= 0.3 is 0 Å². The summed E-state index contributed by atoms with van der Waals surface area (Å²) in [6, 6.07) is 3.96. The first-order valence-corrected chi connectivity index (χ1v) is 9.41. The second-order valence-corrected chi connectivity index (χ2v) is 7.37. The molecule has 1 aromatic rings. The maximum Gasteiger partial charge on any atom is 0.191 e. The Morgan fingerprint density at radius 2 is 1.96 bits per heavy atom. The molecule has 0 bridgehead atoms. The molecule has 1 unspecified atom stereocenters. The quantitative estimate of drug-likeness (QED) is 0.633. The molecule has 0 aliphatic carbocycles. The van der Waals surface area contributed by atoms with Crippen molar-refractivity contribution in [3.05, 3.63) is 29.8 Å². The fourth-order valence-corrected chi connectivity index (χ4v) is 3.73. The van der Waals surface area contributed by atoms with Gasteiger partial charge in [-0.25, -0.2) is 8.78 Å². The summed E-state index contributed by atoms with van der Waals surface area (Å²) in [5.41, 5.74) is 0.463. The van der Waals surface area contributed by atoms with Crippen molar-refractivity contribution in [1.29, 1.82) is 0 Å². The monoisotopic (exact) mass is 365 g/mol. The first-order valence-electron chi connectivity index (χ1n) is 9.41. The number of anilines is 1. The van der Waals surface area contributed by atoms with Crippen molar-refractivity contribution in [3.8, 4) is 0 Å². The average molecular weight is 365 g/mol. The Hall–Kier alpha value is -1.89. The molecule has 2 N–H and O–H groups in total. The summed E-state index contributed by atoms with van der Waals surface area (Å²) in [6.07, 6.45) is 3.31. The van der Waals surface area contributed by atoms with E-state index in [1.54, 1.807) is 7.05 Å². The molecule has 2 aliphatic rings. The van der Waals surface area contributed by atoms with Crippen LogP contribution in [0.1, 0.15) is 19.3 Å². The first kappa shape index (κ1) is 18.9. The summed E-state index contributed by atoms with van der Waals surface area (Å²) in [5.74, 6) is 0.433. The Morgan fingerprint density at radius 1 is 1.19 bits per heavy atom. The fraction of sp³-hybridized carbons (Fsp3) is 0.632. The molecule has 1 atom stereocenters. The van der Waals surface area contributed by atoms with Crippen molar-refractivity contribution in [2.75, 3.05) is 51.7 Å². The predicted molar refractivity (Wildman–Crippen MR) is 102 cm³/mol. The van der Waals surface area contributed by atoms with Gasteiger partial charge in [0.15, 0.2) is 5.96 Å². The lowest BCUT2D eigenvalue weighted by atomic mass is 9.97. The summed E-state index contributed by atoms with van der Waals surface area (Å²) < 4.78 is 27.1. The Kier molecular flexibility index (Phi) is 6.29. The number of aliphatic imine (C=N–C) groups is 1. The van der Waals surface area contributed by atoms with E-state index < -0.39 is 11.6 Å². The number of rotatable bonds is 4. The van der Waals surface area contributed by atoms with Gasteiger partial charge in [-0.3, -0.25) is 4.99 Å². The molecule has 7 heteroatoms. The predicted octanol–water partition coefficient (Wildman–Crippen LogP) is 2.05. The second kappa shape index (κ2) is 8.66. The van der Waals surface area contributed by atoms with Crippen LogP contribution < -0.4 is 15.5 Å². The zero-order chi connectivity index (χ0) is 18.5. The lowest BCUT2D eigenvalue weighted by molar-refractivity contribution is 0.220. The van der Waals surface area contributed by atoms with Gasteiger partial charge < -0.3 is 20.4 Å². The van der Waals surface area contributed by atoms with E-state index in [0.29, 0.717) is 18.2 Å². The molecule has 2 heterocycles. The van der Waals surface area contributed by atoms with Gasteiger partial charge in [-0.2, -0.15) is 0 Å². The van der Waals surface area contributed by atoms with Crippen LogP contribution in [-0.4, -0.2) is 63.7 Å². The number of benzene rings is 1. The van der Waals surface area contributed by atoms with Crippen LogP contribution in [-0.2, 0) is 0 Å². The van der Waals surface area contributed by atoms with Gasteiger partial charge in [-0.15, -0.1) is 0 Å². The van der Waals surface area contributed by atoms with Crippen molar-refractivity contribution in [3.63, 3.8) is 0 Å². The molecule has 1 aromatic carbocycles. The normalized spacial score (nSPS) is 22.7. The second-order valence-electron chi connectivity index (χ2n) is 7.37. The third-order valence-corrected chi connectivity index (χ3v) is 5.40. The highest BCUT2D eigenvalue weighted by molar-refractivity contribution is 5.80. The van der Waals surface area contributed by atoms with E-state index >= 15 is 0 Å². The minimum absolute atomic E-state index is 0.197. The maximum absolute atomic E-state index is 14.0. The molecule has 3 rings (SSSR count). The van der Waals surface area contributed by atoms with E-state index in [1.165, 1.54) is 25.0 Å². The minimum Gasteiger partial charge on any atom is -0.367 e. The molecule has 2 saturated heterocycles. The van der Waals surface area contributed by atoms with Crippen molar-refractivity contribution in [2.45, 2.75) is 25.3 Å². The number of piperidine rings is 1. The van der Waals surface area contributed by atoms with E-state index in [0.717, 1.165) is 44.6 Å². The summed E-state index contributed by atoms with van der Waals surface area (Å²) in [4.78, 5) is 8.64. The molecule has 0 saturated carbocycles. The lowest BCUT2D eigenvalue weighted by Crippen LogP contribution is -2.46. The van der Waals surface area contributed by atoms with Gasteiger partial charge in [0.25, 0.3) is 0 Å². The molecule has 0 radical (unpaired) electrons. The minimum atomic E-state index is -0.543. The summed E-state index contributed by atoms with van der Waals surface area (Å²) in [6.45, 7) is 4.65. The first-order chi connectivity index (χ1) is 12.5. The number of nitrogens with zero attached hydrogens (tertiary/aromatic N) is 3. The molecular weight excluding hydrogens is 336 g/mol. The lowest BCUT2D eigenvalue weighted by Gasteiger charge is -2.29. The van der Waals surface area contributed by atoms with E-state index in [-0.39, 0.29) is 6.04 Å². The van der Waals surface area contributed by atoms with Gasteiger partial charge in [0.2, 0.25) is 0 Å². The molecule has 5 nitrogen and oxygen atoms in total. The number of likely N-dealkylation sites (tertiary alicyclic amines) is 1. The Morgan fingerprint density at radius 3 is 2.65 bits per heavy atom. The molecule has 26 heavy (non-hydrogen) atoms. The van der Waals surface area contributed by atoms with Crippen molar-refractivity contribution in [2.24, 2.45) is 10.9 Å². The number of hydrogen-bond donors (Lipinski definition) is 2. The van der Waals surface area contributed by atoms with Gasteiger partial charge in [0, 0.05) is 38.8 Å². The summed E-state index contributed by atoms with van der Waals surface area (Å²) in [5, 5.41) is 6.87. The van der Waals surface area contributed by atoms with E-state index in [2.05, 4.69) is 27.6 Å². The zero-order valence-electron chi connectivity index (χ0n) is 15.6. The molecule has 2 aliphatic heterocycles. The van der Waals surface area contributed by atoms with Crippen LogP contribution in [0.3, 0.4) is 0 Å². The van der Waals surface area contributed by atoms with E-state index in [9.17, 15) is 8.78 Å². The van der Waals surface area contributed by atoms with Crippen LogP contribution in [0.25, 0.3) is 0 Å². The highest BCUT2D eigenvalue weighted by Crippen LogP contribution is 2.24. The van der Waals surface area contributed by atoms with Crippen LogP contribution in [0.5, 0.6) is 0 Å². The topological polar surface area (TPSA) is 42.9 Å². The zero-order valence-corrected chi connectivity index (χ0v) is 15.6. The van der Waals surface area contributed by atoms with Crippen molar-refractivity contribution in [1.82, 2.24) is 15.5 Å². The van der Waals surface area contributed by atoms with Gasteiger partial charge in [0.05, 0.1) is 5.69 Å². The van der Waals surface area contributed by atoms with Gasteiger partial charge in [-0.1, -0.05) is 0 Å². The number of guanidine groups is 1. The van der Waals surface area contributed by atoms with Crippen molar-refractivity contribution >= 4 is 11.6 Å². The summed E-state index contributed by atoms with van der Waals surface area (Å²) in [7, 11) is 3.94. The largest absolute Gasteiger partial charge is 0.367 e. The molecular formula is C19H29F2N5. The fourth-order valence-electron chi connectivity index (χ4n) is 3.73. The highest BCUT2D eigenvalue weighted by atomic mass is 19.1. The maximum atomic E-state index is 14.0. The number of halogens is 2. The van der Waals surface area contributed by atoms with Gasteiger partial charge in [-0.05, 0) is 57.5 Å². The number of hydrogen-bond acceptors (Lipinski definition) is 3. The van der Waals surface area contributed by atoms with Crippen LogP contribution >= 0.6 is 0 Å². The summed E-state index contributed by atoms with van der Waals surface area (Å²) >= 11 is 0. The average Bonchev–Trinajstić information content (AvgIpc) is 3.08.